The lowest BCUT2D eigenvalue weighted by Crippen LogP contribution is -2.31. The van der Waals surface area contributed by atoms with Crippen molar-refractivity contribution >= 4 is 27.5 Å². The van der Waals surface area contributed by atoms with Crippen LogP contribution >= 0.6 is 15.9 Å². The van der Waals surface area contributed by atoms with Gasteiger partial charge in [-0.25, -0.2) is 0 Å². The number of phenolic OH excluding ortho intramolecular Hbond substituents is 1. The predicted octanol–water partition coefficient (Wildman–Crippen LogP) is 3.75. The molecule has 0 saturated carbocycles. The second-order valence-corrected chi connectivity index (χ2v) is 5.38. The molecule has 0 saturated heterocycles. The van der Waals surface area contributed by atoms with Crippen molar-refractivity contribution in [2.24, 2.45) is 0 Å². The van der Waals surface area contributed by atoms with Gasteiger partial charge in [0.25, 0.3) is 0 Å². The number of rotatable bonds is 4. The Bertz CT molecular complexity index is 596. The number of phenols is 1. The zero-order chi connectivity index (χ0) is 14.5. The molecule has 0 heterocycles. The van der Waals surface area contributed by atoms with Gasteiger partial charge in [0.05, 0.1) is 6.42 Å². The van der Waals surface area contributed by atoms with Crippen LogP contribution in [-0.2, 0) is 11.2 Å². The van der Waals surface area contributed by atoms with Crippen molar-refractivity contribution in [2.75, 3.05) is 11.4 Å². The van der Waals surface area contributed by atoms with Gasteiger partial charge in [-0.1, -0.05) is 34.1 Å². The number of likely N-dealkylation sites (N-methyl/N-ethyl adjacent to an activating group) is 1. The summed E-state index contributed by atoms with van der Waals surface area (Å²) in [6.45, 7) is 2.49. The van der Waals surface area contributed by atoms with Crippen molar-refractivity contribution in [3.05, 3.63) is 58.6 Å². The number of aromatic hydroxyl groups is 1. The molecule has 0 bridgehead atoms. The molecule has 0 aromatic heterocycles. The summed E-state index contributed by atoms with van der Waals surface area (Å²) < 4.78 is 0.994. The molecule has 0 unspecified atom stereocenters. The lowest BCUT2D eigenvalue weighted by Gasteiger charge is -2.21. The maximum absolute atomic E-state index is 12.4. The average molecular weight is 334 g/mol. The highest BCUT2D eigenvalue weighted by Crippen LogP contribution is 2.21. The van der Waals surface area contributed by atoms with Gasteiger partial charge in [-0.2, -0.15) is 0 Å². The number of benzene rings is 2. The van der Waals surface area contributed by atoms with E-state index in [-0.39, 0.29) is 11.7 Å². The number of carbonyl (C=O) groups is 1. The molecule has 2 aromatic carbocycles. The van der Waals surface area contributed by atoms with E-state index in [1.165, 1.54) is 0 Å². The molecule has 4 heteroatoms. The Morgan fingerprint density at radius 1 is 1.20 bits per heavy atom. The molecule has 0 aliphatic rings. The number of hydrogen-bond donors (Lipinski definition) is 1. The smallest absolute Gasteiger partial charge is 0.231 e. The Balaban J connectivity index is 2.15. The molecule has 104 valence electrons. The van der Waals surface area contributed by atoms with Crippen LogP contribution in [0.25, 0.3) is 0 Å². The van der Waals surface area contributed by atoms with Crippen LogP contribution in [0.15, 0.2) is 53.0 Å². The molecule has 0 aliphatic carbocycles. The van der Waals surface area contributed by atoms with E-state index in [1.54, 1.807) is 23.1 Å². The summed E-state index contributed by atoms with van der Waals surface area (Å²) in [5.41, 5.74) is 1.69. The van der Waals surface area contributed by atoms with Crippen molar-refractivity contribution in [3.63, 3.8) is 0 Å². The third kappa shape index (κ3) is 3.61. The minimum atomic E-state index is 0.0143. The second-order valence-electron chi connectivity index (χ2n) is 4.46. The van der Waals surface area contributed by atoms with Gasteiger partial charge in [0.15, 0.2) is 0 Å². The molecule has 1 N–H and O–H groups in total. The minimum absolute atomic E-state index is 0.0143. The summed E-state index contributed by atoms with van der Waals surface area (Å²) in [7, 11) is 0. The SMILES string of the molecule is CCN(C(=O)Cc1ccc(Br)cc1)c1cccc(O)c1. The molecule has 0 radical (unpaired) electrons. The van der Waals surface area contributed by atoms with Crippen molar-refractivity contribution in [1.82, 2.24) is 0 Å². The Labute approximate surface area is 127 Å². The van der Waals surface area contributed by atoms with E-state index >= 15 is 0 Å². The third-order valence-electron chi connectivity index (χ3n) is 3.03. The van der Waals surface area contributed by atoms with E-state index in [0.29, 0.717) is 13.0 Å². The van der Waals surface area contributed by atoms with E-state index in [0.717, 1.165) is 15.7 Å². The van der Waals surface area contributed by atoms with Crippen LogP contribution in [0.1, 0.15) is 12.5 Å². The first-order chi connectivity index (χ1) is 9.60. The zero-order valence-corrected chi connectivity index (χ0v) is 12.8. The molecule has 0 atom stereocenters. The second kappa shape index (κ2) is 6.57. The first kappa shape index (κ1) is 14.6. The molecular formula is C16H16BrNO2. The highest BCUT2D eigenvalue weighted by atomic mass is 79.9. The fraction of sp³-hybridized carbons (Fsp3) is 0.188. The topological polar surface area (TPSA) is 40.5 Å². The maximum atomic E-state index is 12.4. The number of nitrogens with zero attached hydrogens (tertiary/aromatic N) is 1. The largest absolute Gasteiger partial charge is 0.508 e. The molecule has 0 fully saturated rings. The van der Waals surface area contributed by atoms with Crippen LogP contribution in [0.2, 0.25) is 0 Å². The van der Waals surface area contributed by atoms with Gasteiger partial charge in [0.2, 0.25) is 5.91 Å². The number of amides is 1. The van der Waals surface area contributed by atoms with Crippen LogP contribution in [0.5, 0.6) is 5.75 Å². The Kier molecular flexibility index (Phi) is 4.79. The molecule has 2 rings (SSSR count). The van der Waals surface area contributed by atoms with Gasteiger partial charge >= 0.3 is 0 Å². The minimum Gasteiger partial charge on any atom is -0.508 e. The van der Waals surface area contributed by atoms with Gasteiger partial charge in [0, 0.05) is 22.8 Å². The zero-order valence-electron chi connectivity index (χ0n) is 11.2. The molecule has 20 heavy (non-hydrogen) atoms. The van der Waals surface area contributed by atoms with E-state index in [1.807, 2.05) is 37.3 Å². The molecule has 3 nitrogen and oxygen atoms in total. The van der Waals surface area contributed by atoms with Crippen LogP contribution in [0, 0.1) is 0 Å². The van der Waals surface area contributed by atoms with E-state index < -0.39 is 0 Å². The van der Waals surface area contributed by atoms with E-state index in [4.69, 9.17) is 0 Å². The first-order valence-electron chi connectivity index (χ1n) is 6.44. The summed E-state index contributed by atoms with van der Waals surface area (Å²) in [5.74, 6) is 0.179. The Morgan fingerprint density at radius 2 is 1.90 bits per heavy atom. The fourth-order valence-corrected chi connectivity index (χ4v) is 2.30. The number of carbonyl (C=O) groups excluding carboxylic acids is 1. The quantitative estimate of drug-likeness (QED) is 0.925. The molecule has 1 amide bonds. The van der Waals surface area contributed by atoms with Gasteiger partial charge < -0.3 is 10.0 Å². The lowest BCUT2D eigenvalue weighted by molar-refractivity contribution is -0.117. The highest BCUT2D eigenvalue weighted by Gasteiger charge is 2.14. The van der Waals surface area contributed by atoms with Crippen molar-refractivity contribution < 1.29 is 9.90 Å². The normalized spacial score (nSPS) is 10.3. The van der Waals surface area contributed by atoms with E-state index in [2.05, 4.69) is 15.9 Å². The van der Waals surface area contributed by atoms with Crippen LogP contribution in [0.4, 0.5) is 5.69 Å². The summed E-state index contributed by atoms with van der Waals surface area (Å²) >= 11 is 3.38. The number of hydrogen-bond acceptors (Lipinski definition) is 2. The standard InChI is InChI=1S/C16H16BrNO2/c1-2-18(14-4-3-5-15(19)11-14)16(20)10-12-6-8-13(17)9-7-12/h3-9,11,19H,2,10H2,1H3. The van der Waals surface area contributed by atoms with E-state index in [9.17, 15) is 9.90 Å². The summed E-state index contributed by atoms with van der Waals surface area (Å²) in [6, 6.07) is 14.5. The fourth-order valence-electron chi connectivity index (χ4n) is 2.04. The van der Waals surface area contributed by atoms with Crippen LogP contribution < -0.4 is 4.90 Å². The number of halogens is 1. The molecular weight excluding hydrogens is 318 g/mol. The number of anilines is 1. The molecule has 2 aromatic rings. The van der Waals surface area contributed by atoms with Gasteiger partial charge in [-0.05, 0) is 36.8 Å². The third-order valence-corrected chi connectivity index (χ3v) is 3.56. The average Bonchev–Trinajstić information content (AvgIpc) is 2.42. The van der Waals surface area contributed by atoms with Crippen molar-refractivity contribution in [3.8, 4) is 5.75 Å². The Hall–Kier alpha value is -1.81. The van der Waals surface area contributed by atoms with Gasteiger partial charge in [-0.3, -0.25) is 4.79 Å². The summed E-state index contributed by atoms with van der Waals surface area (Å²) in [4.78, 5) is 14.0. The highest BCUT2D eigenvalue weighted by molar-refractivity contribution is 9.10. The predicted molar refractivity (Wildman–Crippen MR) is 84.0 cm³/mol. The lowest BCUT2D eigenvalue weighted by atomic mass is 10.1. The van der Waals surface area contributed by atoms with Gasteiger partial charge in [0.1, 0.15) is 5.75 Å². The first-order valence-corrected chi connectivity index (χ1v) is 7.23. The van der Waals surface area contributed by atoms with Crippen molar-refractivity contribution in [1.29, 1.82) is 0 Å². The monoisotopic (exact) mass is 333 g/mol. The van der Waals surface area contributed by atoms with Crippen LogP contribution in [-0.4, -0.2) is 17.6 Å². The van der Waals surface area contributed by atoms with Crippen molar-refractivity contribution in [2.45, 2.75) is 13.3 Å². The van der Waals surface area contributed by atoms with Gasteiger partial charge in [-0.15, -0.1) is 0 Å². The summed E-state index contributed by atoms with van der Waals surface area (Å²) in [6.07, 6.45) is 0.344. The summed E-state index contributed by atoms with van der Waals surface area (Å²) in [5, 5.41) is 9.52. The van der Waals surface area contributed by atoms with Crippen LogP contribution in [0.3, 0.4) is 0 Å². The maximum Gasteiger partial charge on any atom is 0.231 e. The molecule has 0 aliphatic heterocycles. The molecule has 0 spiro atoms. The Morgan fingerprint density at radius 3 is 2.50 bits per heavy atom.